The van der Waals surface area contributed by atoms with Crippen LogP contribution >= 0.6 is 0 Å². The summed E-state index contributed by atoms with van der Waals surface area (Å²) < 4.78 is 9.69. The van der Waals surface area contributed by atoms with Gasteiger partial charge in [0.25, 0.3) is 0 Å². The molecule has 0 aliphatic heterocycles. The number of hydrogen-bond acceptors (Lipinski definition) is 8. The van der Waals surface area contributed by atoms with E-state index in [9.17, 15) is 14.7 Å². The van der Waals surface area contributed by atoms with Crippen LogP contribution in [-0.2, 0) is 11.2 Å². The summed E-state index contributed by atoms with van der Waals surface area (Å²) in [5.74, 6) is -0.501. The van der Waals surface area contributed by atoms with E-state index < -0.39 is 17.9 Å². The molecule has 0 spiro atoms. The molecular weight excluding hydrogens is 354 g/mol. The first-order chi connectivity index (χ1) is 13.0. The van der Waals surface area contributed by atoms with Crippen molar-refractivity contribution in [3.8, 4) is 0 Å². The lowest BCUT2D eigenvalue weighted by molar-refractivity contribution is -0.115. The summed E-state index contributed by atoms with van der Waals surface area (Å²) in [7, 11) is 0. The predicted octanol–water partition coefficient (Wildman–Crippen LogP) is 1.01. The molecule has 1 aromatic carbocycles. The van der Waals surface area contributed by atoms with E-state index in [1.807, 2.05) is 6.07 Å². The van der Waals surface area contributed by atoms with Crippen LogP contribution < -0.4 is 10.6 Å². The van der Waals surface area contributed by atoms with Crippen molar-refractivity contribution in [2.24, 2.45) is 0 Å². The van der Waals surface area contributed by atoms with E-state index in [1.54, 1.807) is 37.3 Å². The van der Waals surface area contributed by atoms with Gasteiger partial charge in [0.05, 0.1) is 12.5 Å². The Morgan fingerprint density at radius 1 is 1.19 bits per heavy atom. The monoisotopic (exact) mass is 371 g/mol. The van der Waals surface area contributed by atoms with Crippen molar-refractivity contribution >= 4 is 17.6 Å². The minimum absolute atomic E-state index is 0.0213. The molecule has 10 nitrogen and oxygen atoms in total. The quantitative estimate of drug-likeness (QED) is 0.558. The summed E-state index contributed by atoms with van der Waals surface area (Å²) in [4.78, 5) is 27.8. The highest BCUT2D eigenvalue weighted by Crippen LogP contribution is 2.11. The average molecular weight is 371 g/mol. The van der Waals surface area contributed by atoms with Gasteiger partial charge in [-0.1, -0.05) is 40.6 Å². The molecule has 140 valence electrons. The van der Waals surface area contributed by atoms with Crippen LogP contribution in [-0.4, -0.2) is 38.8 Å². The van der Waals surface area contributed by atoms with E-state index in [1.165, 1.54) is 0 Å². The Balaban J connectivity index is 1.50. The van der Waals surface area contributed by atoms with E-state index in [4.69, 9.17) is 9.05 Å². The van der Waals surface area contributed by atoms with Crippen molar-refractivity contribution in [3.05, 3.63) is 59.4 Å². The second-order valence-corrected chi connectivity index (χ2v) is 5.70. The fraction of sp³-hybridized carbons (Fsp3) is 0.235. The van der Waals surface area contributed by atoms with Crippen LogP contribution in [0, 0.1) is 6.92 Å². The van der Waals surface area contributed by atoms with E-state index >= 15 is 0 Å². The molecule has 10 heteroatoms. The van der Waals surface area contributed by atoms with Crippen molar-refractivity contribution in [1.82, 2.24) is 20.6 Å². The summed E-state index contributed by atoms with van der Waals surface area (Å²) in [5.41, 5.74) is 0.670. The number of hydrogen-bond donors (Lipinski definition) is 3. The average Bonchev–Trinajstić information content (AvgIpc) is 3.29. The van der Waals surface area contributed by atoms with Crippen molar-refractivity contribution in [2.45, 2.75) is 19.4 Å². The first-order valence-corrected chi connectivity index (χ1v) is 8.08. The summed E-state index contributed by atoms with van der Waals surface area (Å²) in [6, 6.07) is 10.5. The topological polar surface area (TPSA) is 143 Å². The zero-order valence-corrected chi connectivity index (χ0v) is 14.4. The van der Waals surface area contributed by atoms with Crippen LogP contribution in [0.25, 0.3) is 0 Å². The van der Waals surface area contributed by atoms with Gasteiger partial charge in [0.1, 0.15) is 5.76 Å². The number of nitrogens with zero attached hydrogens (tertiary/aromatic N) is 3. The Hall–Kier alpha value is -3.53. The van der Waals surface area contributed by atoms with Crippen LogP contribution in [0.5, 0.6) is 0 Å². The Labute approximate surface area is 153 Å². The lowest BCUT2D eigenvalue weighted by atomic mass is 10.1. The van der Waals surface area contributed by atoms with Crippen LogP contribution in [0.15, 0.2) is 45.4 Å². The third-order valence-electron chi connectivity index (χ3n) is 3.52. The molecule has 2 heterocycles. The van der Waals surface area contributed by atoms with Crippen LogP contribution in [0.1, 0.15) is 33.9 Å². The molecule has 0 fully saturated rings. The molecule has 0 saturated heterocycles. The first kappa shape index (κ1) is 18.3. The highest BCUT2D eigenvalue weighted by Gasteiger charge is 2.18. The van der Waals surface area contributed by atoms with E-state index in [0.717, 1.165) is 0 Å². The number of anilines is 1. The number of carbonyl (C=O) groups is 2. The Bertz CT molecular complexity index is 921. The van der Waals surface area contributed by atoms with Gasteiger partial charge < -0.3 is 24.8 Å². The fourth-order valence-electron chi connectivity index (χ4n) is 2.23. The van der Waals surface area contributed by atoms with Gasteiger partial charge in [-0.05, 0) is 12.5 Å². The zero-order valence-electron chi connectivity index (χ0n) is 14.4. The third-order valence-corrected chi connectivity index (χ3v) is 3.52. The second kappa shape index (κ2) is 8.23. The molecule has 0 radical (unpaired) electrons. The molecule has 3 N–H and O–H groups in total. The molecule has 1 atom stereocenters. The van der Waals surface area contributed by atoms with Crippen molar-refractivity contribution in [1.29, 1.82) is 0 Å². The number of aliphatic hydroxyl groups is 1. The van der Waals surface area contributed by atoms with Gasteiger partial charge in [0.2, 0.25) is 5.91 Å². The standard InChI is InChI=1S/C17H17N5O5/c1-10-7-13(21-26-10)19-15(24)8-14-20-17(27-22-14)16(25)18-9-12(23)11-5-3-2-4-6-11/h2-7,12,23H,8-9H2,1H3,(H,18,25)(H,19,21,24)/t12-/m0/s1. The number of benzene rings is 1. The van der Waals surface area contributed by atoms with E-state index in [0.29, 0.717) is 11.3 Å². The molecule has 3 aromatic rings. The SMILES string of the molecule is Cc1cc(NC(=O)Cc2noc(C(=O)NC[C@H](O)c3ccccc3)n2)no1. The number of nitrogens with one attached hydrogen (secondary N) is 2. The molecule has 27 heavy (non-hydrogen) atoms. The maximum Gasteiger partial charge on any atom is 0.315 e. The summed E-state index contributed by atoms with van der Waals surface area (Å²) in [6.45, 7) is 1.67. The number of aromatic nitrogens is 3. The molecule has 2 amide bonds. The minimum atomic E-state index is -0.866. The van der Waals surface area contributed by atoms with Gasteiger partial charge in [-0.3, -0.25) is 9.59 Å². The van der Waals surface area contributed by atoms with Crippen LogP contribution in [0.4, 0.5) is 5.82 Å². The molecular formula is C17H17N5O5. The smallest absolute Gasteiger partial charge is 0.315 e. The molecule has 3 rings (SSSR count). The normalized spacial score (nSPS) is 11.8. The number of rotatable bonds is 7. The van der Waals surface area contributed by atoms with Gasteiger partial charge >= 0.3 is 11.8 Å². The molecule has 2 aromatic heterocycles. The highest BCUT2D eigenvalue weighted by molar-refractivity contribution is 5.91. The molecule has 0 saturated carbocycles. The number of amides is 2. The van der Waals surface area contributed by atoms with Crippen LogP contribution in [0.3, 0.4) is 0 Å². The predicted molar refractivity (Wildman–Crippen MR) is 91.6 cm³/mol. The molecule has 0 aliphatic carbocycles. The van der Waals surface area contributed by atoms with Crippen molar-refractivity contribution in [3.63, 3.8) is 0 Å². The first-order valence-electron chi connectivity index (χ1n) is 8.08. The number of carbonyl (C=O) groups excluding carboxylic acids is 2. The molecule has 0 aliphatic rings. The van der Waals surface area contributed by atoms with Gasteiger partial charge in [-0.25, -0.2) is 0 Å². The van der Waals surface area contributed by atoms with Crippen molar-refractivity contribution < 1.29 is 23.7 Å². The summed E-state index contributed by atoms with van der Waals surface area (Å²) in [6.07, 6.45) is -1.07. The summed E-state index contributed by atoms with van der Waals surface area (Å²) >= 11 is 0. The highest BCUT2D eigenvalue weighted by atomic mass is 16.5. The van der Waals surface area contributed by atoms with Gasteiger partial charge in [0, 0.05) is 12.6 Å². The Morgan fingerprint density at radius 3 is 2.67 bits per heavy atom. The second-order valence-electron chi connectivity index (χ2n) is 5.70. The van der Waals surface area contributed by atoms with Gasteiger partial charge in [-0.2, -0.15) is 4.98 Å². The lowest BCUT2D eigenvalue weighted by Gasteiger charge is -2.10. The molecule has 0 bridgehead atoms. The zero-order chi connectivity index (χ0) is 19.2. The summed E-state index contributed by atoms with van der Waals surface area (Å²) in [5, 5.41) is 22.3. The number of aryl methyl sites for hydroxylation is 1. The van der Waals surface area contributed by atoms with E-state index in [2.05, 4.69) is 25.9 Å². The lowest BCUT2D eigenvalue weighted by Crippen LogP contribution is -2.28. The van der Waals surface area contributed by atoms with Gasteiger partial charge in [0.15, 0.2) is 11.6 Å². The Morgan fingerprint density at radius 2 is 1.96 bits per heavy atom. The Kier molecular flexibility index (Phi) is 5.57. The minimum Gasteiger partial charge on any atom is -0.387 e. The third kappa shape index (κ3) is 4.98. The maximum atomic E-state index is 12.0. The van der Waals surface area contributed by atoms with Crippen molar-refractivity contribution in [2.75, 3.05) is 11.9 Å². The number of aliphatic hydroxyl groups excluding tert-OH is 1. The van der Waals surface area contributed by atoms with Gasteiger partial charge in [-0.15, -0.1) is 0 Å². The van der Waals surface area contributed by atoms with Crippen LogP contribution in [0.2, 0.25) is 0 Å². The van der Waals surface area contributed by atoms with E-state index in [-0.39, 0.29) is 30.5 Å². The largest absolute Gasteiger partial charge is 0.387 e. The fourth-order valence-corrected chi connectivity index (χ4v) is 2.23. The maximum absolute atomic E-state index is 12.0. The molecule has 0 unspecified atom stereocenters.